The molecule has 2 atom stereocenters. The van der Waals surface area contributed by atoms with Gasteiger partial charge < -0.3 is 9.47 Å². The summed E-state index contributed by atoms with van der Waals surface area (Å²) in [5.74, 6) is -0.692. The summed E-state index contributed by atoms with van der Waals surface area (Å²) in [5.41, 5.74) is 4.35. The molecule has 3 aromatic rings. The van der Waals surface area contributed by atoms with Gasteiger partial charge in [0.1, 0.15) is 11.6 Å². The van der Waals surface area contributed by atoms with Crippen molar-refractivity contribution in [2.75, 3.05) is 13.2 Å². The lowest BCUT2D eigenvalue weighted by Gasteiger charge is -2.10. The highest BCUT2D eigenvalue weighted by Crippen LogP contribution is 2.31. The molecule has 0 spiro atoms. The molecule has 4 heteroatoms. The zero-order valence-corrected chi connectivity index (χ0v) is 15.3. The molecule has 28 heavy (non-hydrogen) atoms. The molecule has 2 aliphatic rings. The number of ether oxygens (including phenoxy) is 2. The average molecular weight is 378 g/mol. The van der Waals surface area contributed by atoms with E-state index >= 15 is 0 Å². The van der Waals surface area contributed by atoms with Crippen LogP contribution in [0.15, 0.2) is 60.7 Å². The molecule has 2 fully saturated rings. The first kappa shape index (κ1) is 17.5. The molecule has 3 aromatic carbocycles. The van der Waals surface area contributed by atoms with Gasteiger partial charge in [0.05, 0.1) is 25.4 Å². The molecule has 0 N–H and O–H groups in total. The molecule has 2 nitrogen and oxygen atoms in total. The molecule has 0 aromatic heterocycles. The van der Waals surface area contributed by atoms with Crippen LogP contribution >= 0.6 is 0 Å². The third-order valence-corrected chi connectivity index (χ3v) is 5.31. The highest BCUT2D eigenvalue weighted by molar-refractivity contribution is 5.71. The molecule has 0 bridgehead atoms. The van der Waals surface area contributed by atoms with Crippen molar-refractivity contribution in [3.63, 3.8) is 0 Å². The maximum atomic E-state index is 14.8. The van der Waals surface area contributed by atoms with E-state index < -0.39 is 0 Å². The van der Waals surface area contributed by atoms with Crippen molar-refractivity contribution in [2.24, 2.45) is 0 Å². The second kappa shape index (κ2) is 7.12. The summed E-state index contributed by atoms with van der Waals surface area (Å²) in [7, 11) is 0. The molecular weight excluding hydrogens is 358 g/mol. The van der Waals surface area contributed by atoms with Gasteiger partial charge in [-0.15, -0.1) is 0 Å². The van der Waals surface area contributed by atoms with Gasteiger partial charge in [0, 0.05) is 24.0 Å². The molecule has 2 saturated heterocycles. The summed E-state index contributed by atoms with van der Waals surface area (Å²) in [6, 6.07) is 17.9. The fourth-order valence-electron chi connectivity index (χ4n) is 3.55. The van der Waals surface area contributed by atoms with E-state index in [0.717, 1.165) is 30.8 Å². The van der Waals surface area contributed by atoms with Gasteiger partial charge in [-0.25, -0.2) is 8.78 Å². The van der Waals surface area contributed by atoms with Crippen LogP contribution in [0.2, 0.25) is 0 Å². The van der Waals surface area contributed by atoms with Gasteiger partial charge in [0.25, 0.3) is 0 Å². The maximum Gasteiger partial charge on any atom is 0.131 e. The Kier molecular flexibility index (Phi) is 4.46. The van der Waals surface area contributed by atoms with Gasteiger partial charge in [-0.05, 0) is 34.4 Å². The Labute approximate surface area is 162 Å². The first-order chi connectivity index (χ1) is 13.7. The van der Waals surface area contributed by atoms with Crippen molar-refractivity contribution in [2.45, 2.75) is 25.0 Å². The molecule has 142 valence electrons. The monoisotopic (exact) mass is 378 g/mol. The van der Waals surface area contributed by atoms with Gasteiger partial charge in [0.15, 0.2) is 0 Å². The van der Waals surface area contributed by atoms with E-state index in [-0.39, 0.29) is 17.7 Å². The largest absolute Gasteiger partial charge is 0.373 e. The highest BCUT2D eigenvalue weighted by Gasteiger charge is 2.23. The van der Waals surface area contributed by atoms with E-state index in [0.29, 0.717) is 29.2 Å². The fraction of sp³-hybridized carbons (Fsp3) is 0.250. The second-order valence-corrected chi connectivity index (χ2v) is 7.52. The van der Waals surface area contributed by atoms with Crippen LogP contribution in [0.25, 0.3) is 22.3 Å². The number of benzene rings is 3. The lowest BCUT2D eigenvalue weighted by molar-refractivity contribution is 0.407. The van der Waals surface area contributed by atoms with Crippen LogP contribution in [0.5, 0.6) is 0 Å². The minimum absolute atomic E-state index is 0.213. The van der Waals surface area contributed by atoms with Gasteiger partial charge >= 0.3 is 0 Å². The summed E-state index contributed by atoms with van der Waals surface area (Å²) in [6.07, 6.45) is 2.15. The quantitative estimate of drug-likeness (QED) is 0.552. The Morgan fingerprint density at radius 3 is 1.75 bits per heavy atom. The molecule has 0 saturated carbocycles. The normalized spacial score (nSPS) is 20.2. The predicted molar refractivity (Wildman–Crippen MR) is 104 cm³/mol. The second-order valence-electron chi connectivity index (χ2n) is 7.52. The van der Waals surface area contributed by atoms with Gasteiger partial charge in [-0.2, -0.15) is 0 Å². The Morgan fingerprint density at radius 1 is 0.643 bits per heavy atom. The number of hydrogen-bond donors (Lipinski definition) is 0. The number of rotatable bonds is 6. The van der Waals surface area contributed by atoms with E-state index in [1.54, 1.807) is 18.2 Å². The van der Waals surface area contributed by atoms with Crippen LogP contribution in [0.1, 0.15) is 11.1 Å². The number of halogens is 2. The SMILES string of the molecule is Fc1cc(CC2CO2)ccc1-c1ccc(-c2ccc(CC3CO3)cc2)c(F)c1. The van der Waals surface area contributed by atoms with Crippen LogP contribution in [0.3, 0.4) is 0 Å². The topological polar surface area (TPSA) is 25.1 Å². The summed E-state index contributed by atoms with van der Waals surface area (Å²) in [4.78, 5) is 0. The molecule has 0 aliphatic carbocycles. The third kappa shape index (κ3) is 3.84. The summed E-state index contributed by atoms with van der Waals surface area (Å²) in [5, 5.41) is 0. The van der Waals surface area contributed by atoms with Gasteiger partial charge in [0.2, 0.25) is 0 Å². The van der Waals surface area contributed by atoms with Crippen LogP contribution in [0, 0.1) is 11.6 Å². The lowest BCUT2D eigenvalue weighted by Crippen LogP contribution is -1.95. The molecule has 0 amide bonds. The van der Waals surface area contributed by atoms with Crippen LogP contribution < -0.4 is 0 Å². The Bertz CT molecular complexity index is 1010. The number of hydrogen-bond acceptors (Lipinski definition) is 2. The Morgan fingerprint density at radius 2 is 1.14 bits per heavy atom. The highest BCUT2D eigenvalue weighted by atomic mass is 19.1. The Hall–Kier alpha value is -2.56. The molecule has 5 rings (SSSR count). The van der Waals surface area contributed by atoms with Crippen LogP contribution in [-0.4, -0.2) is 25.4 Å². The standard InChI is InChI=1S/C24H20F2O2/c25-23-11-16(10-20-14-28-20)3-7-22(23)18-6-8-21(24(26)12-18)17-4-1-15(2-5-17)9-19-13-27-19/h1-8,11-12,19-20H,9-10,13-14H2. The van der Waals surface area contributed by atoms with E-state index in [9.17, 15) is 8.78 Å². The van der Waals surface area contributed by atoms with Gasteiger partial charge in [-0.3, -0.25) is 0 Å². The zero-order valence-electron chi connectivity index (χ0n) is 15.3. The average Bonchev–Trinajstić information content (AvgIpc) is 3.60. The zero-order chi connectivity index (χ0) is 19.1. The predicted octanol–water partition coefficient (Wildman–Crippen LogP) is 5.18. The van der Waals surface area contributed by atoms with E-state index in [4.69, 9.17) is 9.47 Å². The van der Waals surface area contributed by atoms with Crippen molar-refractivity contribution in [3.8, 4) is 22.3 Å². The first-order valence-corrected chi connectivity index (χ1v) is 9.56. The Balaban J connectivity index is 1.38. The number of epoxide rings is 2. The summed E-state index contributed by atoms with van der Waals surface area (Å²) in [6.45, 7) is 1.56. The molecule has 0 radical (unpaired) electrons. The van der Waals surface area contributed by atoms with Crippen LogP contribution in [-0.2, 0) is 22.3 Å². The lowest BCUT2D eigenvalue weighted by atomic mass is 9.97. The molecule has 2 heterocycles. The van der Waals surface area contributed by atoms with Crippen molar-refractivity contribution in [1.29, 1.82) is 0 Å². The molecule has 2 aliphatic heterocycles. The van der Waals surface area contributed by atoms with E-state index in [1.807, 2.05) is 30.3 Å². The third-order valence-electron chi connectivity index (χ3n) is 5.31. The minimum atomic E-state index is -0.356. The van der Waals surface area contributed by atoms with Gasteiger partial charge in [-0.1, -0.05) is 48.5 Å². The molecule has 2 unspecified atom stereocenters. The van der Waals surface area contributed by atoms with E-state index in [1.165, 1.54) is 17.7 Å². The fourth-order valence-corrected chi connectivity index (χ4v) is 3.55. The summed E-state index contributed by atoms with van der Waals surface area (Å²) < 4.78 is 39.7. The smallest absolute Gasteiger partial charge is 0.131 e. The summed E-state index contributed by atoms with van der Waals surface area (Å²) >= 11 is 0. The van der Waals surface area contributed by atoms with Crippen LogP contribution in [0.4, 0.5) is 8.78 Å². The van der Waals surface area contributed by atoms with E-state index in [2.05, 4.69) is 0 Å². The van der Waals surface area contributed by atoms with Crippen molar-refractivity contribution in [1.82, 2.24) is 0 Å². The minimum Gasteiger partial charge on any atom is -0.373 e. The molecular formula is C24H20F2O2. The maximum absolute atomic E-state index is 14.8. The van der Waals surface area contributed by atoms with Crippen molar-refractivity contribution < 1.29 is 18.3 Å². The van der Waals surface area contributed by atoms with Crippen molar-refractivity contribution >= 4 is 0 Å². The van der Waals surface area contributed by atoms with Crippen molar-refractivity contribution in [3.05, 3.63) is 83.4 Å². The first-order valence-electron chi connectivity index (χ1n) is 9.56.